The summed E-state index contributed by atoms with van der Waals surface area (Å²) in [6.45, 7) is 4.29. The molecule has 0 spiro atoms. The Labute approximate surface area is 145 Å². The molecular formula is C16H18Cl3NS. The van der Waals surface area contributed by atoms with Crippen molar-refractivity contribution in [1.29, 1.82) is 0 Å². The van der Waals surface area contributed by atoms with Crippen molar-refractivity contribution >= 4 is 46.1 Å². The number of halogens is 3. The summed E-state index contributed by atoms with van der Waals surface area (Å²) in [6.07, 6.45) is 2.21. The van der Waals surface area contributed by atoms with E-state index in [0.717, 1.165) is 18.4 Å². The van der Waals surface area contributed by atoms with Gasteiger partial charge in [-0.15, -0.1) is 11.3 Å². The second-order valence-electron chi connectivity index (χ2n) is 5.01. The lowest BCUT2D eigenvalue weighted by Crippen LogP contribution is -2.24. The van der Waals surface area contributed by atoms with Crippen LogP contribution in [-0.2, 0) is 0 Å². The molecule has 2 unspecified atom stereocenters. The highest BCUT2D eigenvalue weighted by Gasteiger charge is 2.19. The Hall–Kier alpha value is -0.250. The Balaban J connectivity index is 2.19. The van der Waals surface area contributed by atoms with Crippen LogP contribution in [0.3, 0.4) is 0 Å². The van der Waals surface area contributed by atoms with Gasteiger partial charge in [-0.2, -0.15) is 0 Å². The smallest absolute Gasteiger partial charge is 0.0781 e. The lowest BCUT2D eigenvalue weighted by Gasteiger charge is -2.23. The van der Waals surface area contributed by atoms with Gasteiger partial charge < -0.3 is 5.32 Å². The first kappa shape index (κ1) is 17.1. The summed E-state index contributed by atoms with van der Waals surface area (Å²) >= 11 is 20.2. The van der Waals surface area contributed by atoms with Gasteiger partial charge in [0.2, 0.25) is 0 Å². The number of hydrogen-bond acceptors (Lipinski definition) is 2. The molecule has 1 N–H and O–H groups in total. The number of hydrogen-bond donors (Lipinski definition) is 1. The van der Waals surface area contributed by atoms with E-state index in [9.17, 15) is 0 Å². The van der Waals surface area contributed by atoms with E-state index in [1.807, 2.05) is 6.07 Å². The second kappa shape index (κ2) is 7.85. The fraction of sp³-hybridized carbons (Fsp3) is 0.375. The summed E-state index contributed by atoms with van der Waals surface area (Å²) in [6, 6.07) is 8.42. The van der Waals surface area contributed by atoms with E-state index < -0.39 is 0 Å². The SMILES string of the molecule is CCCC(NC(C)c1ccc(Cl)c(Cl)c1Cl)c1cccs1. The minimum Gasteiger partial charge on any atom is -0.303 e. The summed E-state index contributed by atoms with van der Waals surface area (Å²) in [7, 11) is 0. The summed E-state index contributed by atoms with van der Waals surface area (Å²) in [5, 5.41) is 7.20. The van der Waals surface area contributed by atoms with Crippen LogP contribution in [0.1, 0.15) is 49.2 Å². The number of nitrogens with one attached hydrogen (secondary N) is 1. The largest absolute Gasteiger partial charge is 0.303 e. The average molecular weight is 363 g/mol. The maximum Gasteiger partial charge on any atom is 0.0781 e. The molecule has 0 fully saturated rings. The van der Waals surface area contributed by atoms with Gasteiger partial charge in [-0.1, -0.05) is 60.3 Å². The van der Waals surface area contributed by atoms with Gasteiger partial charge in [-0.3, -0.25) is 0 Å². The fourth-order valence-electron chi connectivity index (χ4n) is 2.35. The van der Waals surface area contributed by atoms with Crippen LogP contribution in [-0.4, -0.2) is 0 Å². The fourth-order valence-corrected chi connectivity index (χ4v) is 3.88. The van der Waals surface area contributed by atoms with Gasteiger partial charge in [0.25, 0.3) is 0 Å². The monoisotopic (exact) mass is 361 g/mol. The van der Waals surface area contributed by atoms with Crippen molar-refractivity contribution in [3.8, 4) is 0 Å². The quantitative estimate of drug-likeness (QED) is 0.551. The molecule has 1 aromatic carbocycles. The Morgan fingerprint density at radius 3 is 2.52 bits per heavy atom. The lowest BCUT2D eigenvalue weighted by molar-refractivity contribution is 0.445. The summed E-state index contributed by atoms with van der Waals surface area (Å²) < 4.78 is 0. The lowest BCUT2D eigenvalue weighted by atomic mass is 10.0. The standard InChI is InChI=1S/C16H18Cl3NS/c1-3-5-13(14-6-4-9-21-14)20-10(2)11-7-8-12(17)16(19)15(11)18/h4,6-10,13,20H,3,5H2,1-2H3. The molecule has 2 atom stereocenters. The predicted molar refractivity (Wildman–Crippen MR) is 95.0 cm³/mol. The van der Waals surface area contributed by atoms with Crippen LogP contribution in [0.25, 0.3) is 0 Å². The normalized spacial score (nSPS) is 14.1. The molecule has 0 saturated heterocycles. The van der Waals surface area contributed by atoms with Crippen LogP contribution in [0.15, 0.2) is 29.6 Å². The van der Waals surface area contributed by atoms with Crippen LogP contribution in [0.2, 0.25) is 15.1 Å². The van der Waals surface area contributed by atoms with Crippen LogP contribution in [0, 0.1) is 0 Å². The van der Waals surface area contributed by atoms with Gasteiger partial charge in [-0.05, 0) is 36.4 Å². The van der Waals surface area contributed by atoms with Crippen molar-refractivity contribution in [2.24, 2.45) is 0 Å². The number of rotatable bonds is 6. The topological polar surface area (TPSA) is 12.0 Å². The van der Waals surface area contributed by atoms with Crippen LogP contribution >= 0.6 is 46.1 Å². The molecular weight excluding hydrogens is 345 g/mol. The van der Waals surface area contributed by atoms with Gasteiger partial charge in [-0.25, -0.2) is 0 Å². The first-order valence-electron chi connectivity index (χ1n) is 6.97. The summed E-state index contributed by atoms with van der Waals surface area (Å²) in [5.41, 5.74) is 0.976. The first-order valence-corrected chi connectivity index (χ1v) is 8.98. The Morgan fingerprint density at radius 1 is 1.14 bits per heavy atom. The molecule has 0 amide bonds. The third-order valence-electron chi connectivity index (χ3n) is 3.45. The molecule has 0 bridgehead atoms. The molecule has 1 heterocycles. The minimum absolute atomic E-state index is 0.103. The van der Waals surface area contributed by atoms with Crippen LogP contribution < -0.4 is 5.32 Å². The third-order valence-corrected chi connectivity index (χ3v) is 5.74. The minimum atomic E-state index is 0.103. The van der Waals surface area contributed by atoms with Crippen LogP contribution in [0.5, 0.6) is 0 Å². The molecule has 0 saturated carbocycles. The Bertz CT molecular complexity index is 583. The van der Waals surface area contributed by atoms with Gasteiger partial charge >= 0.3 is 0 Å². The predicted octanol–water partition coefficient (Wildman–Crippen LogP) is 6.90. The van der Waals surface area contributed by atoms with E-state index in [-0.39, 0.29) is 6.04 Å². The van der Waals surface area contributed by atoms with Crippen molar-refractivity contribution in [3.63, 3.8) is 0 Å². The molecule has 1 aromatic heterocycles. The molecule has 2 aromatic rings. The zero-order valence-electron chi connectivity index (χ0n) is 12.0. The van der Waals surface area contributed by atoms with E-state index in [1.165, 1.54) is 4.88 Å². The average Bonchev–Trinajstić information content (AvgIpc) is 2.98. The second-order valence-corrected chi connectivity index (χ2v) is 7.15. The molecule has 0 aliphatic heterocycles. The van der Waals surface area contributed by atoms with Crippen molar-refractivity contribution in [2.45, 2.75) is 38.8 Å². The van der Waals surface area contributed by atoms with E-state index in [2.05, 4.69) is 36.7 Å². The highest BCUT2D eigenvalue weighted by Crippen LogP contribution is 2.36. The van der Waals surface area contributed by atoms with E-state index in [0.29, 0.717) is 21.1 Å². The highest BCUT2D eigenvalue weighted by molar-refractivity contribution is 7.10. The first-order chi connectivity index (χ1) is 10.0. The van der Waals surface area contributed by atoms with Gasteiger partial charge in [0.05, 0.1) is 15.1 Å². The van der Waals surface area contributed by atoms with Crippen LogP contribution in [0.4, 0.5) is 0 Å². The molecule has 0 aliphatic carbocycles. The van der Waals surface area contributed by atoms with E-state index >= 15 is 0 Å². The molecule has 21 heavy (non-hydrogen) atoms. The number of thiophene rings is 1. The molecule has 0 radical (unpaired) electrons. The molecule has 1 nitrogen and oxygen atoms in total. The van der Waals surface area contributed by atoms with Crippen molar-refractivity contribution in [3.05, 3.63) is 55.2 Å². The Morgan fingerprint density at radius 2 is 1.90 bits per heavy atom. The maximum atomic E-state index is 6.32. The Kier molecular flexibility index (Phi) is 6.39. The molecule has 114 valence electrons. The van der Waals surface area contributed by atoms with Crippen molar-refractivity contribution in [2.75, 3.05) is 0 Å². The molecule has 0 aliphatic rings. The van der Waals surface area contributed by atoms with Gasteiger partial charge in [0.15, 0.2) is 0 Å². The zero-order valence-corrected chi connectivity index (χ0v) is 15.1. The van der Waals surface area contributed by atoms with E-state index in [1.54, 1.807) is 17.4 Å². The van der Waals surface area contributed by atoms with Gasteiger partial charge in [0.1, 0.15) is 0 Å². The highest BCUT2D eigenvalue weighted by atomic mass is 35.5. The van der Waals surface area contributed by atoms with Crippen molar-refractivity contribution in [1.82, 2.24) is 5.32 Å². The number of benzene rings is 1. The zero-order chi connectivity index (χ0) is 15.4. The molecule has 2 rings (SSSR count). The molecule has 5 heteroatoms. The van der Waals surface area contributed by atoms with E-state index in [4.69, 9.17) is 34.8 Å². The van der Waals surface area contributed by atoms with Crippen molar-refractivity contribution < 1.29 is 0 Å². The summed E-state index contributed by atoms with van der Waals surface area (Å²) in [5.74, 6) is 0. The van der Waals surface area contributed by atoms with Gasteiger partial charge in [0, 0.05) is 17.0 Å². The summed E-state index contributed by atoms with van der Waals surface area (Å²) in [4.78, 5) is 1.35. The third kappa shape index (κ3) is 4.14. The maximum absolute atomic E-state index is 6.32.